The summed E-state index contributed by atoms with van der Waals surface area (Å²) >= 11 is 5.64. The van der Waals surface area contributed by atoms with Gasteiger partial charge in [-0.3, -0.25) is 4.79 Å². The molecule has 0 aliphatic heterocycles. The van der Waals surface area contributed by atoms with Gasteiger partial charge in [-0.05, 0) is 23.8 Å². The van der Waals surface area contributed by atoms with E-state index in [-0.39, 0.29) is 10.6 Å². The van der Waals surface area contributed by atoms with Gasteiger partial charge in [-0.25, -0.2) is 4.39 Å². The fourth-order valence-corrected chi connectivity index (χ4v) is 1.83. The molecule has 4 heteroatoms. The van der Waals surface area contributed by atoms with Crippen molar-refractivity contribution in [1.29, 1.82) is 0 Å². The first-order chi connectivity index (χ1) is 8.59. The van der Waals surface area contributed by atoms with Crippen molar-refractivity contribution in [2.24, 2.45) is 5.73 Å². The van der Waals surface area contributed by atoms with Gasteiger partial charge in [0.1, 0.15) is 5.82 Å². The van der Waals surface area contributed by atoms with Crippen molar-refractivity contribution in [3.8, 4) is 0 Å². The monoisotopic (exact) mass is 263 g/mol. The first kappa shape index (κ1) is 12.7. The lowest BCUT2D eigenvalue weighted by atomic mass is 9.98. The molecule has 2 nitrogen and oxygen atoms in total. The summed E-state index contributed by atoms with van der Waals surface area (Å²) in [4.78, 5) is 12.1. The molecule has 0 bridgehead atoms. The van der Waals surface area contributed by atoms with Gasteiger partial charge in [-0.15, -0.1) is 0 Å². The van der Waals surface area contributed by atoms with Crippen molar-refractivity contribution in [3.05, 3.63) is 70.5 Å². The molecule has 2 rings (SSSR count). The largest absolute Gasteiger partial charge is 0.318 e. The summed E-state index contributed by atoms with van der Waals surface area (Å²) in [6.07, 6.45) is 0. The van der Waals surface area contributed by atoms with Gasteiger partial charge >= 0.3 is 0 Å². The minimum atomic E-state index is -0.873. The molecule has 1 unspecified atom stereocenters. The Bertz CT molecular complexity index is 571. The number of halogens is 2. The second-order valence-corrected chi connectivity index (χ2v) is 4.31. The van der Waals surface area contributed by atoms with E-state index < -0.39 is 17.6 Å². The maximum Gasteiger partial charge on any atom is 0.186 e. The smallest absolute Gasteiger partial charge is 0.186 e. The topological polar surface area (TPSA) is 43.1 Å². The molecular weight excluding hydrogens is 253 g/mol. The van der Waals surface area contributed by atoms with Crippen LogP contribution in [0.15, 0.2) is 48.5 Å². The van der Waals surface area contributed by atoms with Crippen LogP contribution in [0.5, 0.6) is 0 Å². The molecule has 0 fully saturated rings. The zero-order valence-corrected chi connectivity index (χ0v) is 10.2. The molecule has 0 heterocycles. The van der Waals surface area contributed by atoms with Gasteiger partial charge < -0.3 is 5.73 Å². The van der Waals surface area contributed by atoms with Crippen LogP contribution in [0.4, 0.5) is 4.39 Å². The van der Waals surface area contributed by atoms with E-state index in [4.69, 9.17) is 17.3 Å². The summed E-state index contributed by atoms with van der Waals surface area (Å²) in [5, 5.41) is 0.248. The summed E-state index contributed by atoms with van der Waals surface area (Å²) in [5.41, 5.74) is 6.43. The van der Waals surface area contributed by atoms with Crippen LogP contribution >= 0.6 is 11.6 Å². The van der Waals surface area contributed by atoms with Crippen molar-refractivity contribution in [2.75, 3.05) is 0 Å². The molecule has 2 aromatic carbocycles. The van der Waals surface area contributed by atoms with Gasteiger partial charge in [0, 0.05) is 5.02 Å². The highest BCUT2D eigenvalue weighted by atomic mass is 35.5. The van der Waals surface area contributed by atoms with Crippen molar-refractivity contribution in [1.82, 2.24) is 0 Å². The van der Waals surface area contributed by atoms with E-state index in [1.54, 1.807) is 24.3 Å². The maximum absolute atomic E-state index is 13.6. The predicted molar refractivity (Wildman–Crippen MR) is 69.1 cm³/mol. The summed E-state index contributed by atoms with van der Waals surface area (Å²) in [7, 11) is 0. The maximum atomic E-state index is 13.6. The van der Waals surface area contributed by atoms with Gasteiger partial charge in [-0.1, -0.05) is 41.9 Å². The lowest BCUT2D eigenvalue weighted by Gasteiger charge is -2.11. The molecule has 0 aliphatic rings. The average molecular weight is 264 g/mol. The van der Waals surface area contributed by atoms with E-state index in [0.717, 1.165) is 6.07 Å². The molecule has 1 atom stereocenters. The fraction of sp³-hybridized carbons (Fsp3) is 0.0714. The third-order valence-corrected chi connectivity index (χ3v) is 2.87. The van der Waals surface area contributed by atoms with Crippen LogP contribution in [0.1, 0.15) is 22.0 Å². The van der Waals surface area contributed by atoms with E-state index in [1.165, 1.54) is 12.1 Å². The van der Waals surface area contributed by atoms with Gasteiger partial charge in [0.15, 0.2) is 5.78 Å². The van der Waals surface area contributed by atoms with Crippen LogP contribution in [-0.4, -0.2) is 5.78 Å². The molecule has 2 aromatic rings. The summed E-state index contributed by atoms with van der Waals surface area (Å²) in [6.45, 7) is 0. The number of carbonyl (C=O) groups is 1. The van der Waals surface area contributed by atoms with Gasteiger partial charge in [0.2, 0.25) is 0 Å². The average Bonchev–Trinajstić information content (AvgIpc) is 2.38. The molecule has 18 heavy (non-hydrogen) atoms. The highest BCUT2D eigenvalue weighted by Gasteiger charge is 2.20. The van der Waals surface area contributed by atoms with E-state index in [0.29, 0.717) is 5.56 Å². The zero-order valence-electron chi connectivity index (χ0n) is 9.44. The Morgan fingerprint density at radius 3 is 2.44 bits per heavy atom. The first-order valence-electron chi connectivity index (χ1n) is 5.39. The number of hydrogen-bond acceptors (Lipinski definition) is 2. The highest BCUT2D eigenvalue weighted by molar-refractivity contribution is 6.30. The minimum absolute atomic E-state index is 0.0456. The van der Waals surface area contributed by atoms with E-state index >= 15 is 0 Å². The summed E-state index contributed by atoms with van der Waals surface area (Å²) in [6, 6.07) is 11.9. The Balaban J connectivity index is 2.32. The Morgan fingerprint density at radius 1 is 1.17 bits per heavy atom. The Morgan fingerprint density at radius 2 is 1.83 bits per heavy atom. The molecular formula is C14H11ClFNO. The van der Waals surface area contributed by atoms with Crippen LogP contribution in [-0.2, 0) is 0 Å². The second-order valence-electron chi connectivity index (χ2n) is 3.88. The number of nitrogens with two attached hydrogens (primary N) is 1. The van der Waals surface area contributed by atoms with Gasteiger partial charge in [0.05, 0.1) is 11.6 Å². The molecule has 0 saturated carbocycles. The van der Waals surface area contributed by atoms with Crippen LogP contribution in [0.2, 0.25) is 5.02 Å². The molecule has 0 radical (unpaired) electrons. The standard InChI is InChI=1S/C14H11ClFNO/c15-10-6-7-11(12(16)8-10)14(18)13(17)9-4-2-1-3-5-9/h1-8,13H,17H2. The lowest BCUT2D eigenvalue weighted by Crippen LogP contribution is -2.22. The molecule has 2 N–H and O–H groups in total. The lowest BCUT2D eigenvalue weighted by molar-refractivity contribution is 0.0957. The Kier molecular flexibility index (Phi) is 3.75. The van der Waals surface area contributed by atoms with Crippen molar-refractivity contribution >= 4 is 17.4 Å². The van der Waals surface area contributed by atoms with Gasteiger partial charge in [0.25, 0.3) is 0 Å². The van der Waals surface area contributed by atoms with Crippen LogP contribution in [0.25, 0.3) is 0 Å². The van der Waals surface area contributed by atoms with Crippen LogP contribution in [0, 0.1) is 5.82 Å². The SMILES string of the molecule is NC(C(=O)c1ccc(Cl)cc1F)c1ccccc1. The second kappa shape index (κ2) is 5.29. The van der Waals surface area contributed by atoms with Gasteiger partial charge in [-0.2, -0.15) is 0 Å². The Hall–Kier alpha value is -1.71. The molecule has 92 valence electrons. The quantitative estimate of drug-likeness (QED) is 0.863. The molecule has 0 aliphatic carbocycles. The van der Waals surface area contributed by atoms with Crippen LogP contribution < -0.4 is 5.73 Å². The Labute approximate surface area is 109 Å². The number of Topliss-reactive ketones (excluding diaryl/α,β-unsaturated/α-hetero) is 1. The van der Waals surface area contributed by atoms with E-state index in [2.05, 4.69) is 0 Å². The molecule has 0 amide bonds. The van der Waals surface area contributed by atoms with Crippen LogP contribution in [0.3, 0.4) is 0 Å². The predicted octanol–water partition coefficient (Wildman–Crippen LogP) is 3.36. The summed E-state index contributed by atoms with van der Waals surface area (Å²) in [5.74, 6) is -1.12. The number of carbonyl (C=O) groups excluding carboxylic acids is 1. The third-order valence-electron chi connectivity index (χ3n) is 2.64. The van der Waals surface area contributed by atoms with E-state index in [1.807, 2.05) is 6.07 Å². The highest BCUT2D eigenvalue weighted by Crippen LogP contribution is 2.20. The van der Waals surface area contributed by atoms with E-state index in [9.17, 15) is 9.18 Å². The van der Waals surface area contributed by atoms with Crippen molar-refractivity contribution in [3.63, 3.8) is 0 Å². The molecule has 0 saturated heterocycles. The normalized spacial score (nSPS) is 12.2. The van der Waals surface area contributed by atoms with Crippen molar-refractivity contribution < 1.29 is 9.18 Å². The first-order valence-corrected chi connectivity index (χ1v) is 5.77. The number of benzene rings is 2. The fourth-order valence-electron chi connectivity index (χ4n) is 1.67. The minimum Gasteiger partial charge on any atom is -0.318 e. The molecule has 0 spiro atoms. The number of rotatable bonds is 3. The number of hydrogen-bond donors (Lipinski definition) is 1. The number of ketones is 1. The third kappa shape index (κ3) is 2.58. The molecule has 0 aromatic heterocycles. The zero-order chi connectivity index (χ0) is 13.1. The van der Waals surface area contributed by atoms with Crippen molar-refractivity contribution in [2.45, 2.75) is 6.04 Å². The summed E-state index contributed by atoms with van der Waals surface area (Å²) < 4.78 is 13.6.